The van der Waals surface area contributed by atoms with Gasteiger partial charge in [-0.2, -0.15) is 0 Å². The summed E-state index contributed by atoms with van der Waals surface area (Å²) in [5.74, 6) is -4.34. The third kappa shape index (κ3) is 22.5. The fraction of sp³-hybridized carbons (Fsp3) is 0.429. The minimum Gasteiger partial charge on any atom is -0.459 e. The molecule has 20 nitrogen and oxygen atoms in total. The number of amides is 4. The van der Waals surface area contributed by atoms with Gasteiger partial charge < -0.3 is 40.2 Å². The number of hydrogen-bond acceptors (Lipinski definition) is 16. The van der Waals surface area contributed by atoms with E-state index in [-0.39, 0.29) is 105 Å². The molecule has 0 spiro atoms. The summed E-state index contributed by atoms with van der Waals surface area (Å²) in [6, 6.07) is 32.7. The number of carbonyl (C=O) groups is 8. The minimum atomic E-state index is -0.974. The van der Waals surface area contributed by atoms with Gasteiger partial charge in [-0.1, -0.05) is 121 Å². The minimum absolute atomic E-state index is 0.0329. The number of hydrogen-bond donors (Lipinski definition) is 4. The van der Waals surface area contributed by atoms with Crippen molar-refractivity contribution in [2.45, 2.75) is 78.3 Å². The molecule has 1 saturated heterocycles. The molecule has 0 bridgehead atoms. The van der Waals surface area contributed by atoms with Gasteiger partial charge in [-0.3, -0.25) is 38.8 Å². The Balaban J connectivity index is 1.29. The highest BCUT2D eigenvalue weighted by molar-refractivity contribution is 5.87. The molecule has 76 heavy (non-hydrogen) atoms. The summed E-state index contributed by atoms with van der Waals surface area (Å²) in [6.45, 7) is 7.46. The molecule has 4 atom stereocenters. The predicted octanol–water partition coefficient (Wildman–Crippen LogP) is 2.20. The summed E-state index contributed by atoms with van der Waals surface area (Å²) in [6.07, 6.45) is 0. The van der Waals surface area contributed by atoms with E-state index in [4.69, 9.17) is 18.9 Å². The molecule has 0 radical (unpaired) electrons. The third-order valence-electron chi connectivity index (χ3n) is 12.2. The summed E-state index contributed by atoms with van der Waals surface area (Å²) in [5, 5.41) is 10.9. The van der Waals surface area contributed by atoms with Gasteiger partial charge in [-0.15, -0.1) is 0 Å². The number of benzene rings is 4. The van der Waals surface area contributed by atoms with Gasteiger partial charge in [-0.25, -0.2) is 19.2 Å². The topological polar surface area (TPSA) is 235 Å². The molecular weight excluding hydrogens is 977 g/mol. The number of nitrogens with zero attached hydrogens (tertiary/aromatic N) is 4. The van der Waals surface area contributed by atoms with Gasteiger partial charge in [-0.05, 0) is 49.9 Å². The Hall–Kier alpha value is -7.52. The molecule has 1 aliphatic heterocycles. The molecule has 0 saturated carbocycles. The van der Waals surface area contributed by atoms with E-state index in [0.29, 0.717) is 0 Å². The third-order valence-corrected chi connectivity index (χ3v) is 12.2. The SMILES string of the molecule is C[C@H](NC(=O)CN1CCN(CC(=O)N[C@@H](C)C(=O)OCc2ccccc2)CCN(CC(=O)N[C@@H](C)C(=O)OCc2ccccc2)CCN(CC(=O)N[C@@H](C)C(=O)OCc2ccccc2)CC1)C(=O)OCc1ccccc1. The van der Waals surface area contributed by atoms with E-state index in [2.05, 4.69) is 21.3 Å². The molecule has 0 aliphatic carbocycles. The zero-order chi connectivity index (χ0) is 54.7. The van der Waals surface area contributed by atoms with Crippen molar-refractivity contribution in [3.05, 3.63) is 144 Å². The number of carbonyl (C=O) groups excluding carboxylic acids is 8. The summed E-state index contributed by atoms with van der Waals surface area (Å²) in [7, 11) is 0. The second kappa shape index (κ2) is 32.0. The lowest BCUT2D eigenvalue weighted by Gasteiger charge is -2.34. The maximum absolute atomic E-state index is 13.6. The summed E-state index contributed by atoms with van der Waals surface area (Å²) < 4.78 is 21.8. The highest BCUT2D eigenvalue weighted by atomic mass is 16.5. The first-order valence-corrected chi connectivity index (χ1v) is 25.5. The number of esters is 4. The summed E-state index contributed by atoms with van der Waals surface area (Å²) >= 11 is 0. The van der Waals surface area contributed by atoms with Crippen LogP contribution in [0.3, 0.4) is 0 Å². The lowest BCUT2D eigenvalue weighted by atomic mass is 10.2. The number of rotatable bonds is 24. The Labute approximate surface area is 444 Å². The molecular formula is C56H72N8O12. The molecule has 1 heterocycles. The average Bonchev–Trinajstić information content (AvgIpc) is 3.41. The molecule has 0 aromatic heterocycles. The predicted molar refractivity (Wildman–Crippen MR) is 281 cm³/mol. The smallest absolute Gasteiger partial charge is 0.328 e. The Morgan fingerprint density at radius 1 is 0.329 bits per heavy atom. The Bertz CT molecular complexity index is 2120. The van der Waals surface area contributed by atoms with Crippen LogP contribution in [0.5, 0.6) is 0 Å². The van der Waals surface area contributed by atoms with Crippen molar-refractivity contribution in [2.24, 2.45) is 0 Å². The fourth-order valence-corrected chi connectivity index (χ4v) is 7.82. The maximum atomic E-state index is 13.6. The van der Waals surface area contributed by atoms with Gasteiger partial charge in [0.2, 0.25) is 23.6 Å². The highest BCUT2D eigenvalue weighted by Crippen LogP contribution is 2.08. The Kier molecular flexibility index (Phi) is 25.0. The molecule has 4 aromatic carbocycles. The highest BCUT2D eigenvalue weighted by Gasteiger charge is 2.27. The molecule has 1 fully saturated rings. The molecule has 4 aromatic rings. The van der Waals surface area contributed by atoms with E-state index < -0.39 is 71.7 Å². The van der Waals surface area contributed by atoms with Crippen molar-refractivity contribution < 1.29 is 57.3 Å². The van der Waals surface area contributed by atoms with Crippen LogP contribution in [0.4, 0.5) is 0 Å². The first kappa shape index (κ1) is 59.4. The molecule has 408 valence electrons. The molecule has 20 heteroatoms. The second-order valence-electron chi connectivity index (χ2n) is 18.6. The van der Waals surface area contributed by atoms with Crippen molar-refractivity contribution >= 4 is 47.5 Å². The van der Waals surface area contributed by atoms with Crippen molar-refractivity contribution in [1.82, 2.24) is 40.9 Å². The van der Waals surface area contributed by atoms with Crippen molar-refractivity contribution in [1.29, 1.82) is 0 Å². The van der Waals surface area contributed by atoms with Gasteiger partial charge in [0, 0.05) is 52.4 Å². The van der Waals surface area contributed by atoms with E-state index in [1.807, 2.05) is 141 Å². The van der Waals surface area contributed by atoms with E-state index in [1.54, 1.807) is 0 Å². The van der Waals surface area contributed by atoms with Crippen LogP contribution in [-0.4, -0.2) is 170 Å². The summed E-state index contributed by atoms with van der Waals surface area (Å²) in [4.78, 5) is 114. The zero-order valence-electron chi connectivity index (χ0n) is 43.9. The van der Waals surface area contributed by atoms with E-state index in [0.717, 1.165) is 22.3 Å². The van der Waals surface area contributed by atoms with Crippen LogP contribution in [0.25, 0.3) is 0 Å². The van der Waals surface area contributed by atoms with Gasteiger partial charge in [0.05, 0.1) is 26.2 Å². The van der Waals surface area contributed by atoms with Crippen LogP contribution in [0, 0.1) is 0 Å². The van der Waals surface area contributed by atoms with Crippen LogP contribution in [0.1, 0.15) is 49.9 Å². The van der Waals surface area contributed by atoms with E-state index in [9.17, 15) is 38.4 Å². The molecule has 0 unspecified atom stereocenters. The monoisotopic (exact) mass is 1050 g/mol. The molecule has 1 aliphatic rings. The largest absolute Gasteiger partial charge is 0.459 e. The second-order valence-corrected chi connectivity index (χ2v) is 18.6. The zero-order valence-corrected chi connectivity index (χ0v) is 43.9. The van der Waals surface area contributed by atoms with E-state index >= 15 is 0 Å². The molecule has 4 N–H and O–H groups in total. The first-order chi connectivity index (χ1) is 36.6. The Morgan fingerprint density at radius 2 is 0.500 bits per heavy atom. The van der Waals surface area contributed by atoms with Crippen molar-refractivity contribution in [3.8, 4) is 0 Å². The fourth-order valence-electron chi connectivity index (χ4n) is 7.82. The Morgan fingerprint density at radius 3 is 0.671 bits per heavy atom. The van der Waals surface area contributed by atoms with Gasteiger partial charge in [0.1, 0.15) is 50.6 Å². The normalized spacial score (nSPS) is 15.6. The van der Waals surface area contributed by atoms with Crippen LogP contribution < -0.4 is 21.3 Å². The van der Waals surface area contributed by atoms with Crippen LogP contribution in [0.15, 0.2) is 121 Å². The van der Waals surface area contributed by atoms with Crippen LogP contribution in [-0.2, 0) is 83.7 Å². The van der Waals surface area contributed by atoms with Gasteiger partial charge in [0.25, 0.3) is 0 Å². The lowest BCUT2D eigenvalue weighted by molar-refractivity contribution is -0.149. The summed E-state index contributed by atoms with van der Waals surface area (Å²) in [5.41, 5.74) is 3.16. The van der Waals surface area contributed by atoms with Crippen molar-refractivity contribution in [3.63, 3.8) is 0 Å². The van der Waals surface area contributed by atoms with Gasteiger partial charge in [0.15, 0.2) is 0 Å². The maximum Gasteiger partial charge on any atom is 0.328 e. The van der Waals surface area contributed by atoms with Crippen molar-refractivity contribution in [2.75, 3.05) is 78.5 Å². The van der Waals surface area contributed by atoms with Crippen LogP contribution >= 0.6 is 0 Å². The lowest BCUT2D eigenvalue weighted by Crippen LogP contribution is -2.53. The molecule has 4 amide bonds. The van der Waals surface area contributed by atoms with E-state index in [1.165, 1.54) is 27.7 Å². The average molecular weight is 1050 g/mol. The van der Waals surface area contributed by atoms with Gasteiger partial charge >= 0.3 is 23.9 Å². The quantitative estimate of drug-likeness (QED) is 0.0582. The first-order valence-electron chi connectivity index (χ1n) is 25.5. The molecule has 5 rings (SSSR count). The van der Waals surface area contributed by atoms with Crippen LogP contribution in [0.2, 0.25) is 0 Å². The number of nitrogens with one attached hydrogen (secondary N) is 4. The standard InChI is InChI=1S/C56H72N8O12/c1-41(53(69)73-37-45-17-9-5-10-18-45)57-49(65)33-61-25-27-62(34-50(66)58-42(2)54(70)74-38-46-19-11-6-12-20-46)29-31-64(36-52(68)60-44(4)56(72)76-40-48-23-15-8-16-24-48)32-30-63(28-26-61)35-51(67)59-43(3)55(71)75-39-47-21-13-7-14-22-47/h5-24,41-44H,25-40H2,1-4H3,(H,57,65)(H,58,66)(H,59,67)(H,60,68)/t41-,42-,43-,44-/m0/s1. The number of ether oxygens (including phenoxy) is 4.